The lowest BCUT2D eigenvalue weighted by Gasteiger charge is -2.11. The highest BCUT2D eigenvalue weighted by Gasteiger charge is 2.13. The average molecular weight is 430 g/mol. The van der Waals surface area contributed by atoms with Gasteiger partial charge in [-0.25, -0.2) is 4.98 Å². The topological polar surface area (TPSA) is 67.2 Å². The van der Waals surface area contributed by atoms with Crippen molar-refractivity contribution in [3.8, 4) is 11.5 Å². The molecule has 0 radical (unpaired) electrons. The first-order chi connectivity index (χ1) is 13.9. The third-order valence-corrected chi connectivity index (χ3v) is 5.32. The second kappa shape index (κ2) is 9.37. The first kappa shape index (κ1) is 21.3. The van der Waals surface area contributed by atoms with Gasteiger partial charge in [-0.2, -0.15) is 0 Å². The number of thiocarbonyl (C=S) groups is 1. The minimum Gasteiger partial charge on any atom is -0.436 e. The molecule has 0 saturated heterocycles. The Balaban J connectivity index is 1.85. The summed E-state index contributed by atoms with van der Waals surface area (Å²) in [6, 6.07) is 11.5. The molecule has 29 heavy (non-hydrogen) atoms. The fourth-order valence-electron chi connectivity index (χ4n) is 2.93. The zero-order valence-corrected chi connectivity index (χ0v) is 18.3. The van der Waals surface area contributed by atoms with E-state index in [-0.39, 0.29) is 11.0 Å². The van der Waals surface area contributed by atoms with Crippen LogP contribution in [0, 0.1) is 0 Å². The first-order valence-corrected chi connectivity index (χ1v) is 10.5. The molecule has 3 aromatic rings. The summed E-state index contributed by atoms with van der Waals surface area (Å²) in [5.74, 6) is 0.838. The number of nitrogens with zero attached hydrogens (tertiary/aromatic N) is 1. The summed E-state index contributed by atoms with van der Waals surface area (Å²) in [7, 11) is 0. The van der Waals surface area contributed by atoms with Gasteiger partial charge in [0, 0.05) is 12.0 Å². The molecule has 1 heterocycles. The number of hydrogen-bond donors (Lipinski definition) is 2. The van der Waals surface area contributed by atoms with Crippen molar-refractivity contribution >= 4 is 51.6 Å². The Morgan fingerprint density at radius 3 is 2.76 bits per heavy atom. The molecule has 0 aliphatic carbocycles. The van der Waals surface area contributed by atoms with Gasteiger partial charge in [0.05, 0.1) is 10.7 Å². The van der Waals surface area contributed by atoms with Crippen LogP contribution < -0.4 is 10.6 Å². The molecule has 0 fully saturated rings. The molecule has 0 aliphatic heterocycles. The van der Waals surface area contributed by atoms with Crippen molar-refractivity contribution < 1.29 is 9.21 Å². The molecule has 7 heteroatoms. The molecule has 2 aromatic carbocycles. The Bertz CT molecular complexity index is 1050. The van der Waals surface area contributed by atoms with Crippen LogP contribution in [-0.4, -0.2) is 16.0 Å². The van der Waals surface area contributed by atoms with E-state index in [9.17, 15) is 4.79 Å². The monoisotopic (exact) mass is 429 g/mol. The molecule has 0 saturated carbocycles. The lowest BCUT2D eigenvalue weighted by atomic mass is 9.98. The van der Waals surface area contributed by atoms with E-state index >= 15 is 0 Å². The van der Waals surface area contributed by atoms with Crippen LogP contribution in [0.4, 0.5) is 5.69 Å². The van der Waals surface area contributed by atoms with Crippen LogP contribution in [-0.2, 0) is 4.79 Å². The van der Waals surface area contributed by atoms with Crippen LogP contribution in [0.3, 0.4) is 0 Å². The predicted octanol–water partition coefficient (Wildman–Crippen LogP) is 6.27. The summed E-state index contributed by atoms with van der Waals surface area (Å²) in [6.45, 7) is 6.30. The maximum atomic E-state index is 11.7. The zero-order valence-electron chi connectivity index (χ0n) is 16.7. The predicted molar refractivity (Wildman–Crippen MR) is 122 cm³/mol. The van der Waals surface area contributed by atoms with E-state index in [1.54, 1.807) is 12.1 Å². The number of aromatic nitrogens is 1. The SMILES string of the molecule is CCCC(=O)NC(=S)Nc1cc(-c2nc3cc(C(C)CC)ccc3o2)ccc1Cl. The molecular weight excluding hydrogens is 406 g/mol. The first-order valence-electron chi connectivity index (χ1n) is 9.72. The minimum atomic E-state index is -0.131. The molecule has 5 nitrogen and oxygen atoms in total. The number of nitrogens with one attached hydrogen (secondary N) is 2. The second-order valence-corrected chi connectivity index (χ2v) is 7.82. The summed E-state index contributed by atoms with van der Waals surface area (Å²) < 4.78 is 5.93. The largest absolute Gasteiger partial charge is 0.436 e. The van der Waals surface area contributed by atoms with Gasteiger partial charge in [-0.3, -0.25) is 4.79 Å². The van der Waals surface area contributed by atoms with E-state index in [4.69, 9.17) is 28.2 Å². The van der Waals surface area contributed by atoms with Crippen LogP contribution in [0.5, 0.6) is 0 Å². The smallest absolute Gasteiger partial charge is 0.227 e. The number of carbonyl (C=O) groups excluding carboxylic acids is 1. The molecule has 0 bridgehead atoms. The Labute approximate surface area is 180 Å². The number of fused-ring (bicyclic) bond motifs is 1. The average Bonchev–Trinajstić information content (AvgIpc) is 3.12. The Morgan fingerprint density at radius 1 is 1.24 bits per heavy atom. The van der Waals surface area contributed by atoms with Crippen LogP contribution in [0.25, 0.3) is 22.6 Å². The highest BCUT2D eigenvalue weighted by molar-refractivity contribution is 7.80. The molecule has 1 unspecified atom stereocenters. The number of anilines is 1. The number of rotatable bonds is 6. The van der Waals surface area contributed by atoms with Crippen molar-refractivity contribution in [2.75, 3.05) is 5.32 Å². The normalized spacial score (nSPS) is 12.0. The number of oxazole rings is 1. The van der Waals surface area contributed by atoms with Crippen molar-refractivity contribution in [2.45, 2.75) is 46.0 Å². The van der Waals surface area contributed by atoms with E-state index in [1.807, 2.05) is 19.1 Å². The van der Waals surface area contributed by atoms with Crippen molar-refractivity contribution in [1.82, 2.24) is 10.3 Å². The van der Waals surface area contributed by atoms with E-state index in [0.717, 1.165) is 29.5 Å². The van der Waals surface area contributed by atoms with Gasteiger partial charge in [0.25, 0.3) is 0 Å². The van der Waals surface area contributed by atoms with Gasteiger partial charge in [-0.15, -0.1) is 0 Å². The fourth-order valence-corrected chi connectivity index (χ4v) is 3.32. The van der Waals surface area contributed by atoms with Gasteiger partial charge in [-0.05, 0) is 66.9 Å². The van der Waals surface area contributed by atoms with Gasteiger partial charge < -0.3 is 15.1 Å². The Kier molecular flexibility index (Phi) is 6.87. The van der Waals surface area contributed by atoms with Gasteiger partial charge in [0.15, 0.2) is 10.7 Å². The molecule has 2 N–H and O–H groups in total. The maximum Gasteiger partial charge on any atom is 0.227 e. The van der Waals surface area contributed by atoms with E-state index in [1.165, 1.54) is 5.56 Å². The van der Waals surface area contributed by atoms with Crippen LogP contribution >= 0.6 is 23.8 Å². The van der Waals surface area contributed by atoms with Crippen LogP contribution in [0.1, 0.15) is 51.5 Å². The van der Waals surface area contributed by atoms with E-state index in [0.29, 0.717) is 28.9 Å². The molecular formula is C22H24ClN3O2S. The Hall–Kier alpha value is -2.44. The molecule has 0 aliphatic rings. The summed E-state index contributed by atoms with van der Waals surface area (Å²) in [5.41, 5.74) is 4.14. The lowest BCUT2D eigenvalue weighted by Crippen LogP contribution is -2.33. The van der Waals surface area contributed by atoms with Gasteiger partial charge in [0.1, 0.15) is 5.52 Å². The van der Waals surface area contributed by atoms with Crippen LogP contribution in [0.15, 0.2) is 40.8 Å². The standard InChI is InChI=1S/C22H24ClN3O2S/c1-4-6-20(27)26-22(29)25-17-12-15(7-9-16(17)23)21-24-18-11-14(13(3)5-2)8-10-19(18)28-21/h7-13H,4-6H2,1-3H3,(H2,25,26,27,29). The van der Waals surface area contributed by atoms with Crippen molar-refractivity contribution in [3.63, 3.8) is 0 Å². The number of amides is 1. The lowest BCUT2D eigenvalue weighted by molar-refractivity contribution is -0.119. The van der Waals surface area contributed by atoms with E-state index < -0.39 is 0 Å². The van der Waals surface area contributed by atoms with Crippen molar-refractivity contribution in [1.29, 1.82) is 0 Å². The number of carbonyl (C=O) groups is 1. The third kappa shape index (κ3) is 5.14. The molecule has 1 amide bonds. The van der Waals surface area contributed by atoms with Crippen molar-refractivity contribution in [3.05, 3.63) is 47.0 Å². The summed E-state index contributed by atoms with van der Waals surface area (Å²) >= 11 is 11.5. The Morgan fingerprint density at radius 2 is 2.03 bits per heavy atom. The fraction of sp³-hybridized carbons (Fsp3) is 0.318. The van der Waals surface area contributed by atoms with Gasteiger partial charge in [0.2, 0.25) is 11.8 Å². The quantitative estimate of drug-likeness (QED) is 0.451. The number of benzene rings is 2. The summed E-state index contributed by atoms with van der Waals surface area (Å²) in [6.07, 6.45) is 2.23. The highest BCUT2D eigenvalue weighted by atomic mass is 35.5. The molecule has 0 spiro atoms. The number of halogens is 1. The van der Waals surface area contributed by atoms with Gasteiger partial charge >= 0.3 is 0 Å². The van der Waals surface area contributed by atoms with Crippen molar-refractivity contribution in [2.24, 2.45) is 0 Å². The van der Waals surface area contributed by atoms with Crippen LogP contribution in [0.2, 0.25) is 5.02 Å². The molecule has 152 valence electrons. The molecule has 1 atom stereocenters. The third-order valence-electron chi connectivity index (χ3n) is 4.78. The summed E-state index contributed by atoms with van der Waals surface area (Å²) in [5, 5.41) is 6.31. The summed E-state index contributed by atoms with van der Waals surface area (Å²) in [4.78, 5) is 16.4. The maximum absolute atomic E-state index is 11.7. The minimum absolute atomic E-state index is 0.131. The highest BCUT2D eigenvalue weighted by Crippen LogP contribution is 2.31. The van der Waals surface area contributed by atoms with Gasteiger partial charge in [-0.1, -0.05) is 38.4 Å². The zero-order chi connectivity index (χ0) is 21.0. The molecule has 1 aromatic heterocycles. The number of hydrogen-bond acceptors (Lipinski definition) is 4. The molecule has 3 rings (SSSR count). The van der Waals surface area contributed by atoms with E-state index in [2.05, 4.69) is 41.6 Å². The second-order valence-electron chi connectivity index (χ2n) is 7.00.